The number of nitrogens with two attached hydrogens (primary N) is 1. The van der Waals surface area contributed by atoms with Crippen LogP contribution < -0.4 is 16.4 Å². The maximum Gasteiger partial charge on any atom is 0.481 e. The molecule has 1 aliphatic heterocycles. The Balaban J connectivity index is 1.53. The molecule has 0 bridgehead atoms. The quantitative estimate of drug-likeness (QED) is 0.0523. The van der Waals surface area contributed by atoms with Crippen molar-refractivity contribution in [2.45, 2.75) is 57.8 Å². The van der Waals surface area contributed by atoms with Gasteiger partial charge in [-0.3, -0.25) is 32.5 Å². The van der Waals surface area contributed by atoms with E-state index in [4.69, 9.17) is 19.5 Å². The highest BCUT2D eigenvalue weighted by molar-refractivity contribution is 7.99. The molecule has 10 N–H and O–H groups in total. The largest absolute Gasteiger partial charge is 0.481 e. The molecule has 52 heavy (non-hydrogen) atoms. The van der Waals surface area contributed by atoms with Crippen molar-refractivity contribution in [3.8, 4) is 0 Å². The van der Waals surface area contributed by atoms with Gasteiger partial charge in [-0.15, -0.1) is 0 Å². The molecule has 0 aromatic carbocycles. The molecule has 3 rings (SSSR count). The van der Waals surface area contributed by atoms with Crippen molar-refractivity contribution < 1.29 is 80.5 Å². The number of amides is 2. The van der Waals surface area contributed by atoms with Gasteiger partial charge in [0.05, 0.1) is 25.3 Å². The third-order valence-corrected chi connectivity index (χ3v) is 11.2. The molecule has 3 heterocycles. The Hall–Kier alpha value is -2.44. The lowest BCUT2D eigenvalue weighted by Gasteiger charge is -2.30. The highest BCUT2D eigenvalue weighted by Gasteiger charge is 2.50. The normalized spacial score (nSPS) is 22.4. The second kappa shape index (κ2) is 18.3. The molecular weight excluding hydrogens is 783 g/mol. The summed E-state index contributed by atoms with van der Waals surface area (Å²) in [6, 6.07) is 0. The molecule has 294 valence electrons. The number of hydrogen-bond donors (Lipinski definition) is 9. The summed E-state index contributed by atoms with van der Waals surface area (Å²) in [4.78, 5) is 86.1. The van der Waals surface area contributed by atoms with Crippen molar-refractivity contribution in [3.05, 3.63) is 12.7 Å². The average molecular weight is 824 g/mol. The van der Waals surface area contributed by atoms with E-state index in [0.717, 1.165) is 17.2 Å². The standard InChI is InChI=1S/C24H40N7O17P3S/c1-13(32)9-52-7-6-26-15(33)4-5-27-22(36)19(35)24(2,3)10-45-51(42,43)48-50(40,41)44-8-14-18(47-49(37,38)39)17(34)23(46-14)31-12-30-16-20(25)28-11-29-21(16)31/h11-12,14,17-19,23,34-35H,4-10H2,1-3H3,(H,26,33)(H,27,36)(H,40,41)(H,42,43)(H2,25,28,29)(H2,37,38,39)/t14-,17-,18-,19-,23-/m1/s1. The van der Waals surface area contributed by atoms with E-state index in [2.05, 4.69) is 34.4 Å². The van der Waals surface area contributed by atoms with Crippen LogP contribution in [-0.4, -0.2) is 129 Å². The number of aliphatic hydroxyl groups is 2. The average Bonchev–Trinajstić information content (AvgIpc) is 3.58. The SMILES string of the molecule is CC(=O)CSCCNC(=O)CCNC(=O)[C@@H](O)C(C)(C)COP(=O)(O)OP(=O)(O)OC[C@H]1O[C@@H](n2cnc3c(N)ncnc32)[C@H](O)[C@@H]1OP(=O)(O)O. The van der Waals surface area contributed by atoms with Gasteiger partial charge < -0.3 is 50.9 Å². The van der Waals surface area contributed by atoms with E-state index in [1.165, 1.54) is 32.5 Å². The van der Waals surface area contributed by atoms with Gasteiger partial charge in [0.15, 0.2) is 17.7 Å². The van der Waals surface area contributed by atoms with Crippen LogP contribution in [0, 0.1) is 5.41 Å². The summed E-state index contributed by atoms with van der Waals surface area (Å²) in [6.45, 7) is 2.07. The number of ketones is 1. The molecule has 2 unspecified atom stereocenters. The molecule has 7 atom stereocenters. The summed E-state index contributed by atoms with van der Waals surface area (Å²) >= 11 is 1.34. The van der Waals surface area contributed by atoms with Crippen molar-refractivity contribution in [3.63, 3.8) is 0 Å². The van der Waals surface area contributed by atoms with E-state index >= 15 is 0 Å². The minimum absolute atomic E-state index is 0.00310. The van der Waals surface area contributed by atoms with E-state index in [-0.39, 0.29) is 35.7 Å². The van der Waals surface area contributed by atoms with E-state index in [0.29, 0.717) is 18.1 Å². The number of nitrogen functional groups attached to an aromatic ring is 1. The van der Waals surface area contributed by atoms with Crippen molar-refractivity contribution in [1.29, 1.82) is 0 Å². The Bertz CT molecular complexity index is 1730. The number of phosphoric ester groups is 3. The van der Waals surface area contributed by atoms with Gasteiger partial charge in [-0.05, 0) is 6.92 Å². The number of aromatic nitrogens is 4. The fourth-order valence-corrected chi connectivity index (χ4v) is 7.93. The van der Waals surface area contributed by atoms with Crippen LogP contribution in [-0.2, 0) is 50.7 Å². The van der Waals surface area contributed by atoms with Gasteiger partial charge >= 0.3 is 23.5 Å². The highest BCUT2D eigenvalue weighted by atomic mass is 32.2. The summed E-state index contributed by atoms with van der Waals surface area (Å²) in [5, 5.41) is 26.3. The molecule has 0 radical (unpaired) electrons. The summed E-state index contributed by atoms with van der Waals surface area (Å²) in [7, 11) is -16.4. The van der Waals surface area contributed by atoms with Gasteiger partial charge in [0.25, 0.3) is 0 Å². The van der Waals surface area contributed by atoms with Crippen LogP contribution in [0.5, 0.6) is 0 Å². The predicted molar refractivity (Wildman–Crippen MR) is 178 cm³/mol. The lowest BCUT2D eigenvalue weighted by atomic mass is 9.87. The smallest absolute Gasteiger partial charge is 0.386 e. The summed E-state index contributed by atoms with van der Waals surface area (Å²) in [5.41, 5.74) is 4.27. The summed E-state index contributed by atoms with van der Waals surface area (Å²) in [5.74, 6) is -0.581. The number of phosphoric acid groups is 3. The minimum Gasteiger partial charge on any atom is -0.386 e. The molecule has 2 amide bonds. The number of thioether (sulfide) groups is 1. The van der Waals surface area contributed by atoms with Gasteiger partial charge in [0.2, 0.25) is 11.8 Å². The topological polar surface area (TPSA) is 364 Å². The maximum atomic E-state index is 12.6. The monoisotopic (exact) mass is 823 g/mol. The maximum absolute atomic E-state index is 12.6. The number of ether oxygens (including phenoxy) is 1. The Morgan fingerprint density at radius 2 is 1.75 bits per heavy atom. The number of carbonyl (C=O) groups excluding carboxylic acids is 3. The van der Waals surface area contributed by atoms with Gasteiger partial charge in [0, 0.05) is 30.7 Å². The molecular formula is C24H40N7O17P3S. The van der Waals surface area contributed by atoms with Gasteiger partial charge in [-0.2, -0.15) is 16.1 Å². The number of hydrogen-bond acceptors (Lipinski definition) is 18. The third kappa shape index (κ3) is 13.1. The first-order valence-electron chi connectivity index (χ1n) is 15.0. The van der Waals surface area contributed by atoms with Crippen LogP contribution in [0.25, 0.3) is 11.2 Å². The van der Waals surface area contributed by atoms with E-state index < -0.39 is 84.6 Å². The fourth-order valence-electron chi connectivity index (χ4n) is 4.42. The van der Waals surface area contributed by atoms with Crippen molar-refractivity contribution >= 4 is 69.8 Å². The van der Waals surface area contributed by atoms with Crippen LogP contribution in [0.4, 0.5) is 5.82 Å². The van der Waals surface area contributed by atoms with Crippen LogP contribution in [0.2, 0.25) is 0 Å². The molecule has 0 saturated carbocycles. The van der Waals surface area contributed by atoms with Crippen LogP contribution in [0.1, 0.15) is 33.4 Å². The molecule has 0 aliphatic carbocycles. The number of imidazole rings is 1. The lowest BCUT2D eigenvalue weighted by molar-refractivity contribution is -0.137. The van der Waals surface area contributed by atoms with E-state index in [1.54, 1.807) is 0 Å². The molecule has 2 aromatic heterocycles. The van der Waals surface area contributed by atoms with Gasteiger partial charge in [0.1, 0.15) is 42.0 Å². The molecule has 2 aromatic rings. The first-order valence-corrected chi connectivity index (χ1v) is 20.7. The van der Waals surface area contributed by atoms with Crippen LogP contribution in [0.15, 0.2) is 12.7 Å². The zero-order valence-electron chi connectivity index (χ0n) is 27.8. The van der Waals surface area contributed by atoms with Crippen LogP contribution in [0.3, 0.4) is 0 Å². The lowest BCUT2D eigenvalue weighted by Crippen LogP contribution is -2.46. The number of nitrogens with zero attached hydrogens (tertiary/aromatic N) is 4. The van der Waals surface area contributed by atoms with Crippen molar-refractivity contribution in [2.75, 3.05) is 43.5 Å². The van der Waals surface area contributed by atoms with Gasteiger partial charge in [-0.1, -0.05) is 13.8 Å². The number of aliphatic hydroxyl groups excluding tert-OH is 2. The second-order valence-electron chi connectivity index (χ2n) is 11.8. The molecule has 1 saturated heterocycles. The van der Waals surface area contributed by atoms with Crippen molar-refractivity contribution in [2.24, 2.45) is 5.41 Å². The Morgan fingerprint density at radius 1 is 1.08 bits per heavy atom. The van der Waals surface area contributed by atoms with Crippen molar-refractivity contribution in [1.82, 2.24) is 30.2 Å². The summed E-state index contributed by atoms with van der Waals surface area (Å²) < 4.78 is 61.9. The number of rotatable bonds is 21. The first-order chi connectivity index (χ1) is 24.0. The number of anilines is 1. The predicted octanol–water partition coefficient (Wildman–Crippen LogP) is -1.27. The molecule has 1 fully saturated rings. The Morgan fingerprint density at radius 3 is 2.40 bits per heavy atom. The number of nitrogens with one attached hydrogen (secondary N) is 2. The molecule has 24 nitrogen and oxygen atoms in total. The Kier molecular flexibility index (Phi) is 15.4. The van der Waals surface area contributed by atoms with E-state index in [9.17, 15) is 57.9 Å². The molecule has 0 spiro atoms. The van der Waals surface area contributed by atoms with Crippen LogP contribution >= 0.6 is 35.2 Å². The Labute approximate surface area is 299 Å². The number of Topliss-reactive ketones (excluding diaryl/α,β-unsaturated/α-hetero) is 1. The minimum atomic E-state index is -5.56. The first kappa shape index (κ1) is 44.0. The third-order valence-electron chi connectivity index (χ3n) is 6.95. The van der Waals surface area contributed by atoms with E-state index in [1.807, 2.05) is 0 Å². The zero-order valence-corrected chi connectivity index (χ0v) is 31.3. The zero-order chi connectivity index (χ0) is 39.1. The molecule has 28 heteroatoms. The van der Waals surface area contributed by atoms with Gasteiger partial charge in [-0.25, -0.2) is 28.6 Å². The fraction of sp³-hybridized carbons (Fsp3) is 0.667. The second-order valence-corrected chi connectivity index (χ2v) is 17.2. The highest BCUT2D eigenvalue weighted by Crippen LogP contribution is 2.61. The molecule has 1 aliphatic rings. The summed E-state index contributed by atoms with van der Waals surface area (Å²) in [6.07, 6.45) is -6.85. The number of carbonyl (C=O) groups is 3. The number of fused-ring (bicyclic) bond motifs is 1.